The SMILES string of the molecule is C=C(C)C(=O)OC.C=C(CC=Cc1ccccc1)C(=O)O.C=CC(=O)OC(O)CCC.C=CC(=O)OCCCC. The molecule has 9 nitrogen and oxygen atoms in total. The van der Waals surface area contributed by atoms with E-state index < -0.39 is 18.2 Å². The lowest BCUT2D eigenvalue weighted by Crippen LogP contribution is -2.15. The highest BCUT2D eigenvalue weighted by Gasteiger charge is 2.05. The predicted molar refractivity (Wildman–Crippen MR) is 157 cm³/mol. The molecule has 0 fully saturated rings. The summed E-state index contributed by atoms with van der Waals surface area (Å²) in [5, 5.41) is 17.4. The third kappa shape index (κ3) is 28.3. The molecule has 1 atom stereocenters. The molecule has 9 heteroatoms. The Hall–Kier alpha value is -4.24. The van der Waals surface area contributed by atoms with Crippen LogP contribution in [-0.2, 0) is 33.4 Å². The van der Waals surface area contributed by atoms with Crippen molar-refractivity contribution >= 4 is 30.0 Å². The Balaban J connectivity index is -0.000000473. The number of hydrogen-bond acceptors (Lipinski definition) is 8. The zero-order chi connectivity index (χ0) is 31.3. The molecular formula is C31H44O9. The molecule has 0 aliphatic rings. The molecule has 0 aliphatic carbocycles. The highest BCUT2D eigenvalue weighted by Crippen LogP contribution is 2.05. The number of allylic oxidation sites excluding steroid dienone is 1. The predicted octanol–water partition coefficient (Wildman–Crippen LogP) is 5.82. The first kappa shape index (κ1) is 40.3. The minimum absolute atomic E-state index is 0.206. The maximum Gasteiger partial charge on any atom is 0.332 e. The number of unbranched alkanes of at least 4 members (excludes halogenated alkanes) is 1. The van der Waals surface area contributed by atoms with Crippen LogP contribution in [0.15, 0.2) is 86.0 Å². The molecule has 0 radical (unpaired) electrons. The van der Waals surface area contributed by atoms with Gasteiger partial charge in [0.2, 0.25) is 6.29 Å². The third-order valence-electron chi connectivity index (χ3n) is 4.17. The van der Waals surface area contributed by atoms with Crippen molar-refractivity contribution in [1.82, 2.24) is 0 Å². The first-order chi connectivity index (χ1) is 18.9. The van der Waals surface area contributed by atoms with Crippen molar-refractivity contribution in [3.63, 3.8) is 0 Å². The Morgan fingerprint density at radius 3 is 1.95 bits per heavy atom. The van der Waals surface area contributed by atoms with Crippen LogP contribution in [0.25, 0.3) is 6.08 Å². The fourth-order valence-corrected chi connectivity index (χ4v) is 2.03. The Labute approximate surface area is 238 Å². The summed E-state index contributed by atoms with van der Waals surface area (Å²) in [6.07, 6.45) is 8.52. The van der Waals surface area contributed by atoms with Crippen LogP contribution in [0.1, 0.15) is 58.4 Å². The van der Waals surface area contributed by atoms with E-state index >= 15 is 0 Å². The number of benzene rings is 1. The second-order valence-corrected chi connectivity index (χ2v) is 7.81. The van der Waals surface area contributed by atoms with Gasteiger partial charge in [-0.3, -0.25) is 0 Å². The van der Waals surface area contributed by atoms with E-state index in [1.54, 1.807) is 13.0 Å². The highest BCUT2D eigenvalue weighted by molar-refractivity contribution is 5.87. The summed E-state index contributed by atoms with van der Waals surface area (Å²) in [6.45, 7) is 19.3. The molecule has 0 spiro atoms. The zero-order valence-electron chi connectivity index (χ0n) is 24.1. The monoisotopic (exact) mass is 560 g/mol. The molecule has 0 aliphatic heterocycles. The number of carbonyl (C=O) groups is 4. The Bertz CT molecular complexity index is 947. The van der Waals surface area contributed by atoms with Gasteiger partial charge in [-0.2, -0.15) is 0 Å². The van der Waals surface area contributed by atoms with Crippen molar-refractivity contribution in [2.75, 3.05) is 13.7 Å². The number of rotatable bonds is 13. The van der Waals surface area contributed by atoms with Crippen LogP contribution in [0.5, 0.6) is 0 Å². The molecule has 2 N–H and O–H groups in total. The lowest BCUT2D eigenvalue weighted by atomic mass is 10.1. The third-order valence-corrected chi connectivity index (χ3v) is 4.17. The maximum atomic E-state index is 10.4. The molecule has 1 rings (SSSR count). The summed E-state index contributed by atoms with van der Waals surface area (Å²) in [5.74, 6) is -2.20. The molecule has 0 aromatic heterocycles. The van der Waals surface area contributed by atoms with Crippen LogP contribution in [-0.4, -0.2) is 54.1 Å². The van der Waals surface area contributed by atoms with Crippen molar-refractivity contribution in [3.05, 3.63) is 91.6 Å². The van der Waals surface area contributed by atoms with E-state index in [-0.39, 0.29) is 17.5 Å². The number of methoxy groups -OCH3 is 1. The summed E-state index contributed by atoms with van der Waals surface area (Å²) in [7, 11) is 1.33. The maximum absolute atomic E-state index is 10.4. The van der Waals surface area contributed by atoms with Gasteiger partial charge in [0.25, 0.3) is 0 Å². The van der Waals surface area contributed by atoms with Crippen molar-refractivity contribution in [1.29, 1.82) is 0 Å². The molecule has 40 heavy (non-hydrogen) atoms. The average Bonchev–Trinajstić information content (AvgIpc) is 2.94. The molecule has 0 amide bonds. The van der Waals surface area contributed by atoms with Crippen LogP contribution in [0.3, 0.4) is 0 Å². The van der Waals surface area contributed by atoms with Gasteiger partial charge in [0.1, 0.15) is 0 Å². The molecule has 1 unspecified atom stereocenters. The fraction of sp³-hybridized carbons (Fsp3) is 0.355. The highest BCUT2D eigenvalue weighted by atomic mass is 16.6. The smallest absolute Gasteiger partial charge is 0.332 e. The van der Waals surface area contributed by atoms with Gasteiger partial charge < -0.3 is 24.4 Å². The van der Waals surface area contributed by atoms with E-state index in [0.29, 0.717) is 25.0 Å². The van der Waals surface area contributed by atoms with E-state index in [1.807, 2.05) is 50.3 Å². The van der Waals surface area contributed by atoms with Gasteiger partial charge in [0.15, 0.2) is 0 Å². The van der Waals surface area contributed by atoms with E-state index in [2.05, 4.69) is 40.5 Å². The number of carboxylic acids is 1. The topological polar surface area (TPSA) is 136 Å². The van der Waals surface area contributed by atoms with Gasteiger partial charge in [-0.25, -0.2) is 19.2 Å². The van der Waals surface area contributed by atoms with Crippen LogP contribution in [0, 0.1) is 0 Å². The molecule has 0 saturated carbocycles. The lowest BCUT2D eigenvalue weighted by Gasteiger charge is -2.07. The van der Waals surface area contributed by atoms with Crippen molar-refractivity contribution in [3.8, 4) is 0 Å². The van der Waals surface area contributed by atoms with Crippen LogP contribution in [0.4, 0.5) is 0 Å². The van der Waals surface area contributed by atoms with Crippen LogP contribution in [0.2, 0.25) is 0 Å². The normalized spacial score (nSPS) is 9.93. The summed E-state index contributed by atoms with van der Waals surface area (Å²) in [4.78, 5) is 41.3. The molecular weight excluding hydrogens is 516 g/mol. The number of hydrogen-bond donors (Lipinski definition) is 2. The molecule has 222 valence electrons. The Kier molecular flexibility index (Phi) is 28.0. The van der Waals surface area contributed by atoms with Gasteiger partial charge in [-0.15, -0.1) is 0 Å². The van der Waals surface area contributed by atoms with E-state index in [4.69, 9.17) is 10.2 Å². The second kappa shape index (κ2) is 27.8. The fourth-order valence-electron chi connectivity index (χ4n) is 2.03. The summed E-state index contributed by atoms with van der Waals surface area (Å²) in [5.41, 5.74) is 1.70. The van der Waals surface area contributed by atoms with Gasteiger partial charge in [0, 0.05) is 29.7 Å². The largest absolute Gasteiger partial charge is 0.478 e. The van der Waals surface area contributed by atoms with Crippen molar-refractivity contribution in [2.24, 2.45) is 0 Å². The number of aliphatic hydroxyl groups is 1. The summed E-state index contributed by atoms with van der Waals surface area (Å²) < 4.78 is 13.4. The molecule has 0 saturated heterocycles. The van der Waals surface area contributed by atoms with E-state index in [1.165, 1.54) is 13.2 Å². The van der Waals surface area contributed by atoms with Gasteiger partial charge in [-0.1, -0.05) is 95.5 Å². The van der Waals surface area contributed by atoms with Crippen molar-refractivity contribution < 1.29 is 43.6 Å². The lowest BCUT2D eigenvalue weighted by molar-refractivity contribution is -0.162. The number of aliphatic hydroxyl groups excluding tert-OH is 1. The first-order valence-electron chi connectivity index (χ1n) is 12.6. The first-order valence-corrected chi connectivity index (χ1v) is 12.6. The molecule has 0 heterocycles. The molecule has 1 aromatic carbocycles. The Morgan fingerprint density at radius 1 is 0.975 bits per heavy atom. The molecule has 1 aromatic rings. The number of ether oxygens (including phenoxy) is 3. The standard InChI is InChI=1S/C12H12O2.C7H12O3.C7H12O2.C5H8O2/c1-10(12(13)14)6-5-9-11-7-3-2-4-8-11;1-3-5-7(9)10-6(8)4-2;1-3-5-6-9-7(8)4-2;1-4(2)5(6)7-3/h2-5,7-9H,1,6H2,(H,13,14);4,7,9H,2-3,5H2,1H3;4H,2-3,5-6H2,1H3;1H2,2-3H3. The summed E-state index contributed by atoms with van der Waals surface area (Å²) >= 11 is 0. The van der Waals surface area contributed by atoms with Gasteiger partial charge >= 0.3 is 23.9 Å². The minimum atomic E-state index is -0.976. The summed E-state index contributed by atoms with van der Waals surface area (Å²) in [6, 6.07) is 9.73. The molecule has 0 bridgehead atoms. The average molecular weight is 561 g/mol. The minimum Gasteiger partial charge on any atom is -0.478 e. The zero-order valence-corrected chi connectivity index (χ0v) is 24.1. The Morgan fingerprint density at radius 2 is 1.55 bits per heavy atom. The van der Waals surface area contributed by atoms with Gasteiger partial charge in [-0.05, 0) is 25.3 Å². The number of aliphatic carboxylic acids is 1. The second-order valence-electron chi connectivity index (χ2n) is 7.81. The number of esters is 3. The van der Waals surface area contributed by atoms with Crippen LogP contribution < -0.4 is 0 Å². The number of carbonyl (C=O) groups excluding carboxylic acids is 3. The van der Waals surface area contributed by atoms with Gasteiger partial charge in [0.05, 0.1) is 13.7 Å². The van der Waals surface area contributed by atoms with Crippen LogP contribution >= 0.6 is 0 Å². The number of carboxylic acid groups (broad SMARTS) is 1. The van der Waals surface area contributed by atoms with Crippen molar-refractivity contribution in [2.45, 2.75) is 59.2 Å². The van der Waals surface area contributed by atoms with E-state index in [0.717, 1.165) is 30.9 Å². The van der Waals surface area contributed by atoms with E-state index in [9.17, 15) is 19.2 Å². The quantitative estimate of drug-likeness (QED) is 0.101.